The molecule has 0 aliphatic carbocycles. The molecule has 0 aliphatic heterocycles. The lowest BCUT2D eigenvalue weighted by atomic mass is 10.1. The molecule has 2 rings (SSSR count). The highest BCUT2D eigenvalue weighted by atomic mass is 16.5. The largest absolute Gasteiger partial charge is 0.504 e. The predicted octanol–water partition coefficient (Wildman–Crippen LogP) is 5.18. The van der Waals surface area contributed by atoms with Gasteiger partial charge in [-0.15, -0.1) is 0 Å². The summed E-state index contributed by atoms with van der Waals surface area (Å²) in [5.41, 5.74) is 1.89. The SMILES string of the molecule is CCOc1cc(/C=C/C=C/C=C/c2ccc(O)c(OCC)c2)ccc1O. The van der Waals surface area contributed by atoms with Crippen LogP contribution in [-0.2, 0) is 0 Å². The minimum absolute atomic E-state index is 0.141. The fourth-order valence-electron chi connectivity index (χ4n) is 2.27. The van der Waals surface area contributed by atoms with Crippen molar-refractivity contribution in [2.75, 3.05) is 13.2 Å². The highest BCUT2D eigenvalue weighted by Gasteiger charge is 2.02. The van der Waals surface area contributed by atoms with Gasteiger partial charge < -0.3 is 19.7 Å². The molecule has 0 bridgehead atoms. The first-order chi connectivity index (χ1) is 12.6. The van der Waals surface area contributed by atoms with Crippen LogP contribution < -0.4 is 9.47 Å². The summed E-state index contributed by atoms with van der Waals surface area (Å²) in [6, 6.07) is 10.5. The number of aromatic hydroxyl groups is 2. The Labute approximate surface area is 154 Å². The van der Waals surface area contributed by atoms with Gasteiger partial charge in [0.2, 0.25) is 0 Å². The monoisotopic (exact) mass is 352 g/mol. The first-order valence-corrected chi connectivity index (χ1v) is 8.57. The molecular formula is C22H24O4. The number of hydrogen-bond donors (Lipinski definition) is 2. The van der Waals surface area contributed by atoms with Gasteiger partial charge >= 0.3 is 0 Å². The van der Waals surface area contributed by atoms with Crippen LogP contribution in [0.5, 0.6) is 23.0 Å². The summed E-state index contributed by atoms with van der Waals surface area (Å²) in [5, 5.41) is 19.4. The van der Waals surface area contributed by atoms with Gasteiger partial charge in [-0.2, -0.15) is 0 Å². The fourth-order valence-corrected chi connectivity index (χ4v) is 2.27. The number of benzene rings is 2. The number of rotatable bonds is 8. The van der Waals surface area contributed by atoms with Gasteiger partial charge in [0.15, 0.2) is 23.0 Å². The normalized spacial score (nSPS) is 11.6. The van der Waals surface area contributed by atoms with Crippen LogP contribution >= 0.6 is 0 Å². The zero-order valence-corrected chi connectivity index (χ0v) is 15.1. The van der Waals surface area contributed by atoms with Gasteiger partial charge in [0.05, 0.1) is 13.2 Å². The van der Waals surface area contributed by atoms with E-state index in [1.54, 1.807) is 24.3 Å². The maximum atomic E-state index is 9.69. The Balaban J connectivity index is 1.96. The summed E-state index contributed by atoms with van der Waals surface area (Å²) in [6.07, 6.45) is 11.5. The lowest BCUT2D eigenvalue weighted by molar-refractivity contribution is 0.318. The van der Waals surface area contributed by atoms with Gasteiger partial charge in [-0.1, -0.05) is 48.6 Å². The van der Waals surface area contributed by atoms with Crippen molar-refractivity contribution in [2.45, 2.75) is 13.8 Å². The molecule has 0 fully saturated rings. The third-order valence-electron chi connectivity index (χ3n) is 3.48. The second-order valence-corrected chi connectivity index (χ2v) is 5.42. The molecule has 26 heavy (non-hydrogen) atoms. The highest BCUT2D eigenvalue weighted by molar-refractivity contribution is 5.58. The predicted molar refractivity (Wildman–Crippen MR) is 106 cm³/mol. The van der Waals surface area contributed by atoms with Crippen molar-refractivity contribution >= 4 is 12.2 Å². The lowest BCUT2D eigenvalue weighted by Crippen LogP contribution is -1.91. The van der Waals surface area contributed by atoms with E-state index in [4.69, 9.17) is 9.47 Å². The average molecular weight is 352 g/mol. The van der Waals surface area contributed by atoms with E-state index >= 15 is 0 Å². The van der Waals surface area contributed by atoms with E-state index in [9.17, 15) is 10.2 Å². The Hall–Kier alpha value is -3.14. The van der Waals surface area contributed by atoms with Crippen molar-refractivity contribution < 1.29 is 19.7 Å². The molecule has 0 unspecified atom stereocenters. The summed E-state index contributed by atoms with van der Waals surface area (Å²) in [4.78, 5) is 0. The van der Waals surface area contributed by atoms with E-state index < -0.39 is 0 Å². The molecule has 0 amide bonds. The maximum Gasteiger partial charge on any atom is 0.161 e. The van der Waals surface area contributed by atoms with Gasteiger partial charge in [0, 0.05) is 0 Å². The fraction of sp³-hybridized carbons (Fsp3) is 0.182. The van der Waals surface area contributed by atoms with Crippen molar-refractivity contribution in [2.24, 2.45) is 0 Å². The van der Waals surface area contributed by atoms with Gasteiger partial charge in [-0.3, -0.25) is 0 Å². The van der Waals surface area contributed by atoms with Crippen molar-refractivity contribution in [1.29, 1.82) is 0 Å². The zero-order chi connectivity index (χ0) is 18.8. The molecule has 136 valence electrons. The molecule has 0 atom stereocenters. The Morgan fingerprint density at radius 2 is 1.12 bits per heavy atom. The highest BCUT2D eigenvalue weighted by Crippen LogP contribution is 2.28. The second kappa shape index (κ2) is 9.99. The van der Waals surface area contributed by atoms with E-state index in [0.717, 1.165) is 11.1 Å². The summed E-state index contributed by atoms with van der Waals surface area (Å²) < 4.78 is 10.7. The third-order valence-corrected chi connectivity index (χ3v) is 3.48. The molecule has 2 aromatic rings. The van der Waals surface area contributed by atoms with Crippen LogP contribution in [0.3, 0.4) is 0 Å². The molecule has 2 aromatic carbocycles. The Kier molecular flexibility index (Phi) is 7.37. The summed E-state index contributed by atoms with van der Waals surface area (Å²) in [5.74, 6) is 1.25. The summed E-state index contributed by atoms with van der Waals surface area (Å²) >= 11 is 0. The Morgan fingerprint density at radius 3 is 1.50 bits per heavy atom. The number of ether oxygens (including phenoxy) is 2. The molecule has 0 heterocycles. The molecule has 4 heteroatoms. The molecule has 0 spiro atoms. The van der Waals surface area contributed by atoms with Crippen LogP contribution in [0.25, 0.3) is 12.2 Å². The Morgan fingerprint density at radius 1 is 0.692 bits per heavy atom. The average Bonchev–Trinajstić information content (AvgIpc) is 2.63. The molecule has 0 aliphatic rings. The second-order valence-electron chi connectivity index (χ2n) is 5.42. The van der Waals surface area contributed by atoms with E-state index in [0.29, 0.717) is 24.7 Å². The molecule has 0 saturated heterocycles. The lowest BCUT2D eigenvalue weighted by Gasteiger charge is -2.06. The van der Waals surface area contributed by atoms with Crippen LogP contribution in [0.1, 0.15) is 25.0 Å². The first-order valence-electron chi connectivity index (χ1n) is 8.57. The van der Waals surface area contributed by atoms with E-state index in [2.05, 4.69) is 0 Å². The van der Waals surface area contributed by atoms with Crippen LogP contribution in [0.2, 0.25) is 0 Å². The molecule has 0 saturated carbocycles. The maximum absolute atomic E-state index is 9.69. The Bertz CT molecular complexity index is 736. The number of phenols is 2. The van der Waals surface area contributed by atoms with E-state index in [1.165, 1.54) is 0 Å². The number of allylic oxidation sites excluding steroid dienone is 4. The number of phenolic OH excluding ortho intramolecular Hbond substituents is 2. The topological polar surface area (TPSA) is 58.9 Å². The smallest absolute Gasteiger partial charge is 0.161 e. The first kappa shape index (κ1) is 19.2. The minimum Gasteiger partial charge on any atom is -0.504 e. The third kappa shape index (κ3) is 5.74. The van der Waals surface area contributed by atoms with E-state index in [1.807, 2.05) is 62.4 Å². The van der Waals surface area contributed by atoms with Gasteiger partial charge in [-0.25, -0.2) is 0 Å². The summed E-state index contributed by atoms with van der Waals surface area (Å²) in [7, 11) is 0. The molecule has 2 N–H and O–H groups in total. The van der Waals surface area contributed by atoms with Crippen LogP contribution in [0.4, 0.5) is 0 Å². The van der Waals surface area contributed by atoms with Gasteiger partial charge in [0.1, 0.15) is 0 Å². The van der Waals surface area contributed by atoms with Crippen molar-refractivity contribution in [1.82, 2.24) is 0 Å². The molecule has 0 aromatic heterocycles. The van der Waals surface area contributed by atoms with Crippen molar-refractivity contribution in [3.63, 3.8) is 0 Å². The van der Waals surface area contributed by atoms with Crippen molar-refractivity contribution in [3.05, 3.63) is 71.8 Å². The van der Waals surface area contributed by atoms with Crippen molar-refractivity contribution in [3.8, 4) is 23.0 Å². The molecule has 0 radical (unpaired) electrons. The summed E-state index contributed by atoms with van der Waals surface area (Å²) in [6.45, 7) is 4.77. The van der Waals surface area contributed by atoms with Crippen LogP contribution in [-0.4, -0.2) is 23.4 Å². The van der Waals surface area contributed by atoms with Gasteiger partial charge in [-0.05, 0) is 49.2 Å². The molecule has 4 nitrogen and oxygen atoms in total. The minimum atomic E-state index is 0.141. The standard InChI is InChI=1S/C22H24O4/c1-3-25-21-15-17(11-13-19(21)23)9-7-5-6-8-10-18-12-14-20(24)22(16-18)26-4-2/h5-16,23-24H,3-4H2,1-2H3/b6-5+,9-7+,10-8+. The van der Waals surface area contributed by atoms with Crippen LogP contribution in [0.15, 0.2) is 60.7 Å². The van der Waals surface area contributed by atoms with E-state index in [-0.39, 0.29) is 11.5 Å². The quantitative estimate of drug-likeness (QED) is 0.643. The van der Waals surface area contributed by atoms with Crippen LogP contribution in [0, 0.1) is 0 Å². The molecular weight excluding hydrogens is 328 g/mol. The van der Waals surface area contributed by atoms with Gasteiger partial charge in [0.25, 0.3) is 0 Å². The zero-order valence-electron chi connectivity index (χ0n) is 15.1. The number of hydrogen-bond acceptors (Lipinski definition) is 4.